The van der Waals surface area contributed by atoms with Crippen LogP contribution < -0.4 is 4.74 Å². The van der Waals surface area contributed by atoms with Crippen LogP contribution in [0.3, 0.4) is 0 Å². The number of fused-ring (bicyclic) bond motifs is 2. The molecule has 206 valence electrons. The summed E-state index contributed by atoms with van der Waals surface area (Å²) in [4.78, 5) is 17.3. The molecule has 1 aromatic heterocycles. The monoisotopic (exact) mass is 579 g/mol. The van der Waals surface area contributed by atoms with Gasteiger partial charge in [0.25, 0.3) is 5.91 Å². The highest BCUT2D eigenvalue weighted by Crippen LogP contribution is 2.34. The summed E-state index contributed by atoms with van der Waals surface area (Å²) in [5, 5.41) is 16.3. The topological polar surface area (TPSA) is 83.0 Å². The summed E-state index contributed by atoms with van der Waals surface area (Å²) in [6.07, 6.45) is 4.64. The molecule has 0 bridgehead atoms. The van der Waals surface area contributed by atoms with Gasteiger partial charge in [-0.1, -0.05) is 72.4 Å². The van der Waals surface area contributed by atoms with Gasteiger partial charge in [-0.15, -0.1) is 5.10 Å². The molecule has 2 aliphatic rings. The van der Waals surface area contributed by atoms with E-state index in [0.29, 0.717) is 11.8 Å². The zero-order valence-electron chi connectivity index (χ0n) is 22.8. The van der Waals surface area contributed by atoms with Gasteiger partial charge in [0.1, 0.15) is 5.75 Å². The van der Waals surface area contributed by atoms with Crippen molar-refractivity contribution < 1.29 is 9.53 Å². The van der Waals surface area contributed by atoms with Crippen LogP contribution in [0.1, 0.15) is 28.7 Å². The number of aryl methyl sites for hydroxylation is 3. The highest BCUT2D eigenvalue weighted by atomic mass is 32.2. The standard InChI is InChI=1S/C32H29N5O2S2/c1-21-13-14-22(2)28(17-21)39-16-8-15-36-19-24(25-11-6-7-12-27(25)36)18-26-29(33)37-31(34-30(26)38)41-32(35-37)40-20-23-9-4-3-5-10-23/h3-7,9-14,17-19,33H,8,15-16,20H2,1-2H3/b26-18+,33-29?. The Bertz CT molecular complexity index is 1740. The third-order valence-electron chi connectivity index (χ3n) is 6.90. The number of nitrogens with zero attached hydrogens (tertiary/aromatic N) is 4. The molecule has 1 amide bonds. The molecule has 0 radical (unpaired) electrons. The first kappa shape index (κ1) is 27.1. The first-order valence-corrected chi connectivity index (χ1v) is 15.2. The number of para-hydroxylation sites is 1. The maximum atomic E-state index is 13.1. The average Bonchev–Trinajstić information content (AvgIpc) is 3.55. The van der Waals surface area contributed by atoms with Crippen LogP contribution in [-0.2, 0) is 17.1 Å². The van der Waals surface area contributed by atoms with E-state index in [4.69, 9.17) is 10.1 Å². The van der Waals surface area contributed by atoms with E-state index in [2.05, 4.69) is 64.9 Å². The molecule has 0 aliphatic carbocycles. The fourth-order valence-corrected chi connectivity index (χ4v) is 6.65. The number of aromatic nitrogens is 1. The summed E-state index contributed by atoms with van der Waals surface area (Å²) in [6, 6.07) is 24.5. The van der Waals surface area contributed by atoms with Crippen molar-refractivity contribution in [2.24, 2.45) is 10.1 Å². The van der Waals surface area contributed by atoms with Gasteiger partial charge in [0, 0.05) is 35.0 Å². The maximum absolute atomic E-state index is 13.1. The summed E-state index contributed by atoms with van der Waals surface area (Å²) in [5.74, 6) is 1.30. The van der Waals surface area contributed by atoms with E-state index >= 15 is 0 Å². The first-order chi connectivity index (χ1) is 20.0. The van der Waals surface area contributed by atoms with Crippen LogP contribution in [0.15, 0.2) is 94.7 Å². The number of nitrogens with one attached hydrogen (secondary N) is 1. The van der Waals surface area contributed by atoms with E-state index in [0.717, 1.165) is 50.9 Å². The number of carbonyl (C=O) groups excluding carboxylic acids is 1. The number of amidine groups is 2. The number of benzene rings is 3. The number of carbonyl (C=O) groups is 1. The fourth-order valence-electron chi connectivity index (χ4n) is 4.76. The van der Waals surface area contributed by atoms with Gasteiger partial charge < -0.3 is 9.30 Å². The van der Waals surface area contributed by atoms with Gasteiger partial charge >= 0.3 is 0 Å². The van der Waals surface area contributed by atoms with Crippen molar-refractivity contribution in [1.82, 2.24) is 9.58 Å². The van der Waals surface area contributed by atoms with Crippen molar-refractivity contribution in [2.75, 3.05) is 6.61 Å². The van der Waals surface area contributed by atoms with E-state index < -0.39 is 5.91 Å². The normalized spacial score (nSPS) is 15.9. The third kappa shape index (κ3) is 5.87. The van der Waals surface area contributed by atoms with Crippen LogP contribution >= 0.6 is 23.5 Å². The molecule has 1 N–H and O–H groups in total. The smallest absolute Gasteiger partial charge is 0.283 e. The highest BCUT2D eigenvalue weighted by Gasteiger charge is 2.36. The Morgan fingerprint density at radius 1 is 1.05 bits per heavy atom. The molecule has 7 nitrogen and oxygen atoms in total. The number of hydrazone groups is 1. The van der Waals surface area contributed by atoms with Crippen molar-refractivity contribution in [3.05, 3.63) is 107 Å². The summed E-state index contributed by atoms with van der Waals surface area (Å²) in [5.41, 5.74) is 5.67. The lowest BCUT2D eigenvalue weighted by Crippen LogP contribution is -2.35. The molecule has 2 aliphatic heterocycles. The van der Waals surface area contributed by atoms with Crippen LogP contribution in [0.25, 0.3) is 17.0 Å². The molecule has 9 heteroatoms. The van der Waals surface area contributed by atoms with E-state index in [1.54, 1.807) is 17.8 Å². The molecule has 0 saturated heterocycles. The second kappa shape index (κ2) is 11.8. The van der Waals surface area contributed by atoms with Gasteiger partial charge in [0.05, 0.1) is 12.2 Å². The molecule has 0 spiro atoms. The summed E-state index contributed by atoms with van der Waals surface area (Å²) in [6.45, 7) is 5.48. The molecular weight excluding hydrogens is 551 g/mol. The summed E-state index contributed by atoms with van der Waals surface area (Å²) >= 11 is 2.91. The lowest BCUT2D eigenvalue weighted by atomic mass is 10.1. The molecule has 4 aromatic rings. The Hall–Kier alpha value is -4.08. The number of amides is 1. The lowest BCUT2D eigenvalue weighted by Gasteiger charge is -2.20. The van der Waals surface area contributed by atoms with E-state index in [1.807, 2.05) is 42.6 Å². The Kier molecular flexibility index (Phi) is 7.80. The highest BCUT2D eigenvalue weighted by molar-refractivity contribution is 8.45. The predicted octanol–water partition coefficient (Wildman–Crippen LogP) is 7.24. The second-order valence-corrected chi connectivity index (χ2v) is 12.1. The number of hydrogen-bond acceptors (Lipinski definition) is 6. The minimum Gasteiger partial charge on any atom is -0.493 e. The van der Waals surface area contributed by atoms with E-state index in [-0.39, 0.29) is 11.4 Å². The predicted molar refractivity (Wildman–Crippen MR) is 171 cm³/mol. The van der Waals surface area contributed by atoms with Crippen LogP contribution in [0.2, 0.25) is 0 Å². The zero-order valence-corrected chi connectivity index (χ0v) is 24.5. The zero-order chi connectivity index (χ0) is 28.3. The molecule has 3 aromatic carbocycles. The first-order valence-electron chi connectivity index (χ1n) is 13.4. The molecular formula is C32H29N5O2S2. The van der Waals surface area contributed by atoms with Gasteiger partial charge in [0.15, 0.2) is 10.2 Å². The maximum Gasteiger partial charge on any atom is 0.283 e. The Morgan fingerprint density at radius 3 is 2.71 bits per heavy atom. The van der Waals surface area contributed by atoms with Crippen LogP contribution in [0.4, 0.5) is 0 Å². The van der Waals surface area contributed by atoms with E-state index in [9.17, 15) is 4.79 Å². The number of ether oxygens (including phenoxy) is 1. The molecule has 0 atom stereocenters. The van der Waals surface area contributed by atoms with Gasteiger partial charge in [-0.05, 0) is 66.9 Å². The van der Waals surface area contributed by atoms with Gasteiger partial charge in [0.2, 0.25) is 5.17 Å². The molecule has 0 saturated carbocycles. The Balaban J connectivity index is 1.18. The quantitative estimate of drug-likeness (QED) is 0.176. The minimum atomic E-state index is -0.419. The van der Waals surface area contributed by atoms with Gasteiger partial charge in [-0.2, -0.15) is 10.0 Å². The number of thioether (sulfide) groups is 2. The van der Waals surface area contributed by atoms with Crippen molar-refractivity contribution in [3.63, 3.8) is 0 Å². The SMILES string of the molecule is Cc1ccc(C)c(OCCCn2cc(/C=C3\C(=N)N4N=C(SCc5ccccc5)SC4=NC3=O)c3ccccc32)c1. The van der Waals surface area contributed by atoms with Crippen molar-refractivity contribution >= 4 is 61.8 Å². The van der Waals surface area contributed by atoms with Crippen molar-refractivity contribution in [3.8, 4) is 5.75 Å². The number of aliphatic imine (C=N–C) groups is 1. The average molecular weight is 580 g/mol. The Morgan fingerprint density at radius 2 is 1.85 bits per heavy atom. The van der Waals surface area contributed by atoms with Crippen molar-refractivity contribution in [1.29, 1.82) is 5.41 Å². The summed E-state index contributed by atoms with van der Waals surface area (Å²) < 4.78 is 9.02. The molecule has 0 unspecified atom stereocenters. The number of rotatable bonds is 8. The van der Waals surface area contributed by atoms with Gasteiger partial charge in [-0.3, -0.25) is 10.2 Å². The minimum absolute atomic E-state index is 0.0431. The lowest BCUT2D eigenvalue weighted by molar-refractivity contribution is -0.114. The van der Waals surface area contributed by atoms with Gasteiger partial charge in [-0.25, -0.2) is 0 Å². The molecule has 0 fully saturated rings. The van der Waals surface area contributed by atoms with E-state index in [1.165, 1.54) is 27.9 Å². The Labute approximate surface area is 247 Å². The molecule has 41 heavy (non-hydrogen) atoms. The van der Waals surface area contributed by atoms with Crippen LogP contribution in [0, 0.1) is 19.3 Å². The van der Waals surface area contributed by atoms with Crippen LogP contribution in [0.5, 0.6) is 5.75 Å². The number of hydrogen-bond donors (Lipinski definition) is 1. The third-order valence-corrected chi connectivity index (χ3v) is 9.02. The largest absolute Gasteiger partial charge is 0.493 e. The molecule has 6 rings (SSSR count). The van der Waals surface area contributed by atoms with Crippen molar-refractivity contribution in [2.45, 2.75) is 32.6 Å². The molecule has 3 heterocycles. The van der Waals surface area contributed by atoms with Crippen LogP contribution in [-0.4, -0.2) is 37.5 Å². The second-order valence-electron chi connectivity index (χ2n) is 9.93. The summed E-state index contributed by atoms with van der Waals surface area (Å²) in [7, 11) is 0. The fraction of sp³-hybridized carbons (Fsp3) is 0.188.